The number of halogens is 1. The van der Waals surface area contributed by atoms with E-state index in [1.807, 2.05) is 50.2 Å². The fraction of sp³-hybridized carbons (Fsp3) is 0.240. The molecule has 0 aliphatic rings. The van der Waals surface area contributed by atoms with Crippen molar-refractivity contribution in [3.8, 4) is 0 Å². The molecule has 0 saturated heterocycles. The standard InChI is InChI=1S/C25H28ClN3O3S/c1-18-8-14-22(15-9-18)33(31,32)29(24-7-5-6-23(26)19(24)2)17-25(30)27-16-20-10-12-21(13-11-20)28(3)4/h5-15H,16-17H2,1-4H3,(H,27,30). The van der Waals surface area contributed by atoms with Crippen LogP contribution < -0.4 is 14.5 Å². The van der Waals surface area contributed by atoms with Crippen molar-refractivity contribution in [2.45, 2.75) is 25.3 Å². The van der Waals surface area contributed by atoms with Crippen molar-refractivity contribution in [2.75, 3.05) is 29.8 Å². The van der Waals surface area contributed by atoms with E-state index >= 15 is 0 Å². The van der Waals surface area contributed by atoms with E-state index in [-0.39, 0.29) is 11.4 Å². The van der Waals surface area contributed by atoms with Gasteiger partial charge in [0.2, 0.25) is 5.91 Å². The van der Waals surface area contributed by atoms with Crippen LogP contribution in [0.25, 0.3) is 0 Å². The number of rotatable bonds is 8. The minimum Gasteiger partial charge on any atom is -0.378 e. The van der Waals surface area contributed by atoms with Crippen molar-refractivity contribution >= 4 is 38.9 Å². The van der Waals surface area contributed by atoms with Crippen LogP contribution in [0.4, 0.5) is 11.4 Å². The first-order valence-corrected chi connectivity index (χ1v) is 12.3. The van der Waals surface area contributed by atoms with Gasteiger partial charge in [0, 0.05) is 31.4 Å². The molecule has 0 unspecified atom stereocenters. The van der Waals surface area contributed by atoms with Gasteiger partial charge in [0.25, 0.3) is 10.0 Å². The Morgan fingerprint density at radius 3 is 2.18 bits per heavy atom. The number of amides is 1. The van der Waals surface area contributed by atoms with E-state index in [0.717, 1.165) is 21.1 Å². The second kappa shape index (κ2) is 10.3. The van der Waals surface area contributed by atoms with Crippen LogP contribution in [0.2, 0.25) is 5.02 Å². The molecule has 0 aliphatic carbocycles. The minimum atomic E-state index is -3.99. The summed E-state index contributed by atoms with van der Waals surface area (Å²) in [6.45, 7) is 3.54. The highest BCUT2D eigenvalue weighted by Crippen LogP contribution is 2.30. The SMILES string of the molecule is Cc1ccc(S(=O)(=O)N(CC(=O)NCc2ccc(N(C)C)cc2)c2cccc(Cl)c2C)cc1. The van der Waals surface area contributed by atoms with Gasteiger partial charge in [-0.2, -0.15) is 0 Å². The molecule has 0 fully saturated rings. The van der Waals surface area contributed by atoms with Gasteiger partial charge in [0.1, 0.15) is 6.54 Å². The van der Waals surface area contributed by atoms with Crippen molar-refractivity contribution in [2.24, 2.45) is 0 Å². The minimum absolute atomic E-state index is 0.111. The zero-order chi connectivity index (χ0) is 24.2. The Bertz CT molecular complexity index is 1220. The summed E-state index contributed by atoms with van der Waals surface area (Å²) in [5.41, 5.74) is 3.87. The van der Waals surface area contributed by atoms with Crippen LogP contribution in [-0.2, 0) is 21.4 Å². The van der Waals surface area contributed by atoms with Crippen LogP contribution in [0.15, 0.2) is 71.6 Å². The van der Waals surface area contributed by atoms with Gasteiger partial charge in [-0.1, -0.05) is 47.5 Å². The quantitative estimate of drug-likeness (QED) is 0.508. The lowest BCUT2D eigenvalue weighted by Crippen LogP contribution is -2.41. The number of nitrogens with one attached hydrogen (secondary N) is 1. The molecule has 1 amide bonds. The van der Waals surface area contributed by atoms with Crippen LogP contribution in [0.1, 0.15) is 16.7 Å². The summed E-state index contributed by atoms with van der Waals surface area (Å²) in [4.78, 5) is 14.9. The van der Waals surface area contributed by atoms with Gasteiger partial charge in [0.15, 0.2) is 0 Å². The Labute approximate surface area is 200 Å². The molecule has 0 bridgehead atoms. The molecule has 0 radical (unpaired) electrons. The van der Waals surface area contributed by atoms with E-state index in [1.54, 1.807) is 49.4 Å². The largest absolute Gasteiger partial charge is 0.378 e. The van der Waals surface area contributed by atoms with Crippen LogP contribution >= 0.6 is 11.6 Å². The number of benzene rings is 3. The highest BCUT2D eigenvalue weighted by molar-refractivity contribution is 7.92. The van der Waals surface area contributed by atoms with Gasteiger partial charge in [-0.3, -0.25) is 9.10 Å². The van der Waals surface area contributed by atoms with E-state index in [4.69, 9.17) is 11.6 Å². The molecule has 6 nitrogen and oxygen atoms in total. The van der Waals surface area contributed by atoms with Gasteiger partial charge in [0.05, 0.1) is 10.6 Å². The Balaban J connectivity index is 1.86. The summed E-state index contributed by atoms with van der Waals surface area (Å²) in [5.74, 6) is -0.415. The summed E-state index contributed by atoms with van der Waals surface area (Å²) < 4.78 is 28.1. The highest BCUT2D eigenvalue weighted by Gasteiger charge is 2.28. The Kier molecular flexibility index (Phi) is 7.66. The molecule has 8 heteroatoms. The second-order valence-electron chi connectivity index (χ2n) is 8.05. The van der Waals surface area contributed by atoms with Crippen molar-refractivity contribution in [1.29, 1.82) is 0 Å². The molecule has 1 N–H and O–H groups in total. The lowest BCUT2D eigenvalue weighted by atomic mass is 10.2. The Morgan fingerprint density at radius 2 is 1.58 bits per heavy atom. The summed E-state index contributed by atoms with van der Waals surface area (Å²) in [6.07, 6.45) is 0. The van der Waals surface area contributed by atoms with E-state index in [1.165, 1.54) is 0 Å². The molecular formula is C25H28ClN3O3S. The predicted molar refractivity (Wildman–Crippen MR) is 135 cm³/mol. The number of carbonyl (C=O) groups excluding carboxylic acids is 1. The van der Waals surface area contributed by atoms with Gasteiger partial charge in [-0.15, -0.1) is 0 Å². The van der Waals surface area contributed by atoms with Gasteiger partial charge in [-0.25, -0.2) is 8.42 Å². The molecule has 174 valence electrons. The number of hydrogen-bond donors (Lipinski definition) is 1. The third-order valence-corrected chi connectivity index (χ3v) is 7.53. The van der Waals surface area contributed by atoms with Gasteiger partial charge >= 0.3 is 0 Å². The lowest BCUT2D eigenvalue weighted by molar-refractivity contribution is -0.119. The van der Waals surface area contributed by atoms with E-state index in [9.17, 15) is 13.2 Å². The molecule has 0 heterocycles. The maximum absolute atomic E-state index is 13.5. The molecule has 3 aromatic carbocycles. The van der Waals surface area contributed by atoms with Crippen molar-refractivity contribution in [3.63, 3.8) is 0 Å². The van der Waals surface area contributed by atoms with Gasteiger partial charge < -0.3 is 10.2 Å². The van der Waals surface area contributed by atoms with Crippen molar-refractivity contribution < 1.29 is 13.2 Å². The second-order valence-corrected chi connectivity index (χ2v) is 10.3. The fourth-order valence-electron chi connectivity index (χ4n) is 3.30. The smallest absolute Gasteiger partial charge is 0.264 e. The van der Waals surface area contributed by atoms with E-state index in [0.29, 0.717) is 22.8 Å². The number of carbonyl (C=O) groups is 1. The molecule has 0 aromatic heterocycles. The normalized spacial score (nSPS) is 11.2. The van der Waals surface area contributed by atoms with E-state index < -0.39 is 15.9 Å². The topological polar surface area (TPSA) is 69.7 Å². The molecule has 0 aliphatic heterocycles. The summed E-state index contributed by atoms with van der Waals surface area (Å²) in [5, 5.41) is 3.25. The summed E-state index contributed by atoms with van der Waals surface area (Å²) in [6, 6.07) is 19.3. The zero-order valence-electron chi connectivity index (χ0n) is 19.2. The highest BCUT2D eigenvalue weighted by atomic mass is 35.5. The number of aryl methyl sites for hydroxylation is 1. The first-order chi connectivity index (χ1) is 15.6. The van der Waals surface area contributed by atoms with Crippen molar-refractivity contribution in [1.82, 2.24) is 5.32 Å². The lowest BCUT2D eigenvalue weighted by Gasteiger charge is -2.26. The maximum Gasteiger partial charge on any atom is 0.264 e. The first kappa shape index (κ1) is 24.6. The molecule has 0 spiro atoms. The molecule has 3 aromatic rings. The van der Waals surface area contributed by atoms with E-state index in [2.05, 4.69) is 5.32 Å². The number of hydrogen-bond acceptors (Lipinski definition) is 4. The molecular weight excluding hydrogens is 458 g/mol. The third-order valence-electron chi connectivity index (χ3n) is 5.35. The van der Waals surface area contributed by atoms with Crippen LogP contribution in [-0.4, -0.2) is 35.0 Å². The molecule has 3 rings (SSSR count). The predicted octanol–water partition coefficient (Wildman–Crippen LogP) is 4.53. The molecule has 0 saturated carbocycles. The monoisotopic (exact) mass is 485 g/mol. The van der Waals surface area contributed by atoms with Crippen molar-refractivity contribution in [3.05, 3.63) is 88.4 Å². The molecule has 33 heavy (non-hydrogen) atoms. The average molecular weight is 486 g/mol. The first-order valence-electron chi connectivity index (χ1n) is 10.5. The summed E-state index contributed by atoms with van der Waals surface area (Å²) in [7, 11) is -0.0829. The molecule has 0 atom stereocenters. The van der Waals surface area contributed by atoms with Crippen LogP contribution in [0, 0.1) is 13.8 Å². The number of sulfonamides is 1. The van der Waals surface area contributed by atoms with Gasteiger partial charge in [-0.05, 0) is 61.4 Å². The van der Waals surface area contributed by atoms with Crippen LogP contribution in [0.5, 0.6) is 0 Å². The number of nitrogens with zero attached hydrogens (tertiary/aromatic N) is 2. The number of anilines is 2. The van der Waals surface area contributed by atoms with Crippen LogP contribution in [0.3, 0.4) is 0 Å². The summed E-state index contributed by atoms with van der Waals surface area (Å²) >= 11 is 6.26. The maximum atomic E-state index is 13.5. The Morgan fingerprint density at radius 1 is 0.939 bits per heavy atom. The zero-order valence-corrected chi connectivity index (χ0v) is 20.7. The average Bonchev–Trinajstić information content (AvgIpc) is 2.78. The Hall–Kier alpha value is -3.03. The third kappa shape index (κ3) is 5.86. The fourth-order valence-corrected chi connectivity index (χ4v) is 4.95.